The molecule has 0 spiro atoms. The summed E-state index contributed by atoms with van der Waals surface area (Å²) in [4.78, 5) is 14.5. The molecule has 2 aliphatic rings. The molecule has 0 fully saturated rings. The van der Waals surface area contributed by atoms with Crippen molar-refractivity contribution in [2.75, 3.05) is 25.7 Å². The van der Waals surface area contributed by atoms with E-state index in [9.17, 15) is 4.79 Å². The molecule has 0 saturated heterocycles. The van der Waals surface area contributed by atoms with Gasteiger partial charge in [-0.2, -0.15) is 0 Å². The first-order valence-electron chi connectivity index (χ1n) is 8.29. The Morgan fingerprint density at radius 1 is 1.28 bits per heavy atom. The molecule has 4 rings (SSSR count). The lowest BCUT2D eigenvalue weighted by atomic mass is 10.1. The monoisotopic (exact) mass is 358 g/mol. The Kier molecular flexibility index (Phi) is 4.27. The number of halogens is 1. The number of rotatable bonds is 4. The molecular weight excluding hydrogens is 340 g/mol. The van der Waals surface area contributed by atoms with Gasteiger partial charge in [-0.1, -0.05) is 35.9 Å². The molecule has 0 radical (unpaired) electrons. The summed E-state index contributed by atoms with van der Waals surface area (Å²) in [5.74, 6) is 1.09. The fourth-order valence-electron chi connectivity index (χ4n) is 3.53. The molecule has 1 aliphatic carbocycles. The van der Waals surface area contributed by atoms with Crippen LogP contribution in [0.3, 0.4) is 0 Å². The first-order chi connectivity index (χ1) is 12.1. The number of hydrogen-bond donors (Lipinski definition) is 1. The van der Waals surface area contributed by atoms with Crippen LogP contribution in [0.4, 0.5) is 5.69 Å². The Bertz CT molecular complexity index is 824. The molecule has 130 valence electrons. The standard InChI is InChI=1S/C19H19ClN2O3/c1-22(16-7-6-12-4-2-3-5-13(12)16)10-19(23)21-15-9-18-17(8-14(15)20)24-11-25-18/h2-5,8-9,16H,6-7,10-11H2,1H3,(H,21,23)/t16-/m1/s1. The highest BCUT2D eigenvalue weighted by Crippen LogP contribution is 2.39. The number of carbonyl (C=O) groups excluding carboxylic acids is 1. The van der Waals surface area contributed by atoms with Crippen molar-refractivity contribution in [3.8, 4) is 11.5 Å². The van der Waals surface area contributed by atoms with Crippen molar-refractivity contribution in [3.05, 3.63) is 52.5 Å². The number of ether oxygens (including phenoxy) is 2. The maximum atomic E-state index is 12.5. The maximum absolute atomic E-state index is 12.5. The summed E-state index contributed by atoms with van der Waals surface area (Å²) in [5.41, 5.74) is 3.23. The van der Waals surface area contributed by atoms with Crippen LogP contribution in [0, 0.1) is 0 Å². The summed E-state index contributed by atoms with van der Waals surface area (Å²) in [7, 11) is 1.98. The van der Waals surface area contributed by atoms with Crippen molar-refractivity contribution in [2.45, 2.75) is 18.9 Å². The fraction of sp³-hybridized carbons (Fsp3) is 0.316. The number of hydrogen-bond acceptors (Lipinski definition) is 4. The first-order valence-corrected chi connectivity index (χ1v) is 8.66. The van der Waals surface area contributed by atoms with Gasteiger partial charge in [0.25, 0.3) is 0 Å². The van der Waals surface area contributed by atoms with Gasteiger partial charge in [0, 0.05) is 18.2 Å². The van der Waals surface area contributed by atoms with Gasteiger partial charge in [0.05, 0.1) is 17.3 Å². The maximum Gasteiger partial charge on any atom is 0.238 e. The van der Waals surface area contributed by atoms with E-state index in [1.54, 1.807) is 12.1 Å². The van der Waals surface area contributed by atoms with Gasteiger partial charge >= 0.3 is 0 Å². The number of nitrogens with one attached hydrogen (secondary N) is 1. The highest BCUT2D eigenvalue weighted by molar-refractivity contribution is 6.34. The Hall–Kier alpha value is -2.24. The normalized spacial score (nSPS) is 17.6. The van der Waals surface area contributed by atoms with Gasteiger partial charge in [-0.05, 0) is 31.0 Å². The van der Waals surface area contributed by atoms with Crippen molar-refractivity contribution in [1.29, 1.82) is 0 Å². The predicted octanol–water partition coefficient (Wildman–Crippen LogP) is 3.63. The van der Waals surface area contributed by atoms with Gasteiger partial charge in [0.2, 0.25) is 12.7 Å². The number of amides is 1. The number of benzene rings is 2. The van der Waals surface area contributed by atoms with Crippen LogP contribution in [0.15, 0.2) is 36.4 Å². The SMILES string of the molecule is CN(CC(=O)Nc1cc2c(cc1Cl)OCO2)[C@@H]1CCc2ccccc21. The number of carbonyl (C=O) groups is 1. The number of nitrogens with zero attached hydrogens (tertiary/aromatic N) is 1. The molecular formula is C19H19ClN2O3. The van der Waals surface area contributed by atoms with Crippen LogP contribution < -0.4 is 14.8 Å². The molecule has 2 aromatic carbocycles. The third kappa shape index (κ3) is 3.17. The van der Waals surface area contributed by atoms with E-state index in [1.165, 1.54) is 11.1 Å². The quantitative estimate of drug-likeness (QED) is 0.906. The van der Waals surface area contributed by atoms with E-state index in [0.717, 1.165) is 12.8 Å². The van der Waals surface area contributed by atoms with E-state index in [-0.39, 0.29) is 18.7 Å². The molecule has 1 N–H and O–H groups in total. The van der Waals surface area contributed by atoms with E-state index in [1.807, 2.05) is 7.05 Å². The molecule has 0 unspecified atom stereocenters. The first kappa shape index (κ1) is 16.2. The van der Waals surface area contributed by atoms with E-state index in [4.69, 9.17) is 21.1 Å². The van der Waals surface area contributed by atoms with Crippen LogP contribution in [-0.2, 0) is 11.2 Å². The molecule has 5 nitrogen and oxygen atoms in total. The molecule has 0 bridgehead atoms. The van der Waals surface area contributed by atoms with E-state index in [2.05, 4.69) is 34.5 Å². The zero-order chi connectivity index (χ0) is 17.4. The molecule has 1 amide bonds. The summed E-state index contributed by atoms with van der Waals surface area (Å²) >= 11 is 6.22. The van der Waals surface area contributed by atoms with Crippen molar-refractivity contribution >= 4 is 23.2 Å². The largest absolute Gasteiger partial charge is 0.454 e. The lowest BCUT2D eigenvalue weighted by Crippen LogP contribution is -2.32. The smallest absolute Gasteiger partial charge is 0.238 e. The average molecular weight is 359 g/mol. The van der Waals surface area contributed by atoms with E-state index >= 15 is 0 Å². The van der Waals surface area contributed by atoms with E-state index in [0.29, 0.717) is 28.8 Å². The molecule has 1 aliphatic heterocycles. The molecule has 0 saturated carbocycles. The third-order valence-corrected chi connectivity index (χ3v) is 5.08. The number of anilines is 1. The number of likely N-dealkylation sites (N-methyl/N-ethyl adjacent to an activating group) is 1. The van der Waals surface area contributed by atoms with Crippen molar-refractivity contribution < 1.29 is 14.3 Å². The minimum absolute atomic E-state index is 0.104. The van der Waals surface area contributed by atoms with Crippen LogP contribution in [0.1, 0.15) is 23.6 Å². The van der Waals surface area contributed by atoms with Gasteiger partial charge < -0.3 is 14.8 Å². The lowest BCUT2D eigenvalue weighted by molar-refractivity contribution is -0.117. The van der Waals surface area contributed by atoms with Gasteiger partial charge in [0.15, 0.2) is 11.5 Å². The second-order valence-electron chi connectivity index (χ2n) is 6.40. The highest BCUT2D eigenvalue weighted by Gasteiger charge is 2.26. The van der Waals surface area contributed by atoms with Crippen LogP contribution in [0.25, 0.3) is 0 Å². The molecule has 25 heavy (non-hydrogen) atoms. The van der Waals surface area contributed by atoms with Crippen molar-refractivity contribution in [1.82, 2.24) is 4.90 Å². The fourth-order valence-corrected chi connectivity index (χ4v) is 3.73. The van der Waals surface area contributed by atoms with Gasteiger partial charge in [0.1, 0.15) is 0 Å². The molecule has 2 aromatic rings. The van der Waals surface area contributed by atoms with Crippen molar-refractivity contribution in [3.63, 3.8) is 0 Å². The zero-order valence-electron chi connectivity index (χ0n) is 13.9. The Morgan fingerprint density at radius 3 is 2.88 bits per heavy atom. The summed E-state index contributed by atoms with van der Waals surface area (Å²) in [6.45, 7) is 0.469. The predicted molar refractivity (Wildman–Crippen MR) is 96.3 cm³/mol. The van der Waals surface area contributed by atoms with Crippen molar-refractivity contribution in [2.24, 2.45) is 0 Å². The number of aryl methyl sites for hydroxylation is 1. The van der Waals surface area contributed by atoms with Crippen LogP contribution >= 0.6 is 11.6 Å². The van der Waals surface area contributed by atoms with Crippen LogP contribution in [-0.4, -0.2) is 31.2 Å². The molecule has 6 heteroatoms. The third-order valence-electron chi connectivity index (χ3n) is 4.76. The van der Waals surface area contributed by atoms with E-state index < -0.39 is 0 Å². The minimum atomic E-state index is -0.104. The lowest BCUT2D eigenvalue weighted by Gasteiger charge is -2.24. The molecule has 1 heterocycles. The van der Waals surface area contributed by atoms with Gasteiger partial charge in [-0.15, -0.1) is 0 Å². The van der Waals surface area contributed by atoms with Crippen LogP contribution in [0.2, 0.25) is 5.02 Å². The second kappa shape index (κ2) is 6.58. The van der Waals surface area contributed by atoms with Crippen LogP contribution in [0.5, 0.6) is 11.5 Å². The molecule has 0 aromatic heterocycles. The summed E-state index contributed by atoms with van der Waals surface area (Å²) in [5, 5.41) is 3.31. The highest BCUT2D eigenvalue weighted by atomic mass is 35.5. The Labute approximate surface area is 151 Å². The topological polar surface area (TPSA) is 50.8 Å². The molecule has 1 atom stereocenters. The van der Waals surface area contributed by atoms with Gasteiger partial charge in [-0.25, -0.2) is 0 Å². The summed E-state index contributed by atoms with van der Waals surface area (Å²) in [6.07, 6.45) is 2.09. The van der Waals surface area contributed by atoms with Gasteiger partial charge in [-0.3, -0.25) is 9.69 Å². The summed E-state index contributed by atoms with van der Waals surface area (Å²) < 4.78 is 10.6. The zero-order valence-corrected chi connectivity index (χ0v) is 14.7. The minimum Gasteiger partial charge on any atom is -0.454 e. The second-order valence-corrected chi connectivity index (χ2v) is 6.81. The number of fused-ring (bicyclic) bond motifs is 2. The Morgan fingerprint density at radius 2 is 2.04 bits per heavy atom. The Balaban J connectivity index is 1.43. The summed E-state index contributed by atoms with van der Waals surface area (Å²) in [6, 6.07) is 12.1. The average Bonchev–Trinajstić information content (AvgIpc) is 3.21.